The lowest BCUT2D eigenvalue weighted by Gasteiger charge is -1.92. The van der Waals surface area contributed by atoms with Crippen LogP contribution in [-0.2, 0) is 9.59 Å². The second-order valence-corrected chi connectivity index (χ2v) is 3.00. The molecule has 88 valence electrons. The predicted molar refractivity (Wildman–Crippen MR) is 59.8 cm³/mol. The van der Waals surface area contributed by atoms with Crippen molar-refractivity contribution in [3.05, 3.63) is 46.8 Å². The molecular formula is C11H9NO5. The average molecular weight is 235 g/mol. The number of nitrogens with one attached hydrogen (secondary N) is 1. The summed E-state index contributed by atoms with van der Waals surface area (Å²) in [5.74, 6) is -3.65. The van der Waals surface area contributed by atoms with Gasteiger partial charge in [0.15, 0.2) is 5.43 Å². The number of para-hydroxylation sites is 1. The first-order chi connectivity index (χ1) is 8.02. The largest absolute Gasteiger partial charge is 0.473 e. The zero-order valence-corrected chi connectivity index (χ0v) is 8.58. The first kappa shape index (κ1) is 12.4. The molecular weight excluding hydrogens is 226 g/mol. The summed E-state index contributed by atoms with van der Waals surface area (Å²) in [6, 6.07) is 8.99. The molecule has 3 N–H and O–H groups in total. The normalized spacial score (nSPS) is 9.18. The summed E-state index contributed by atoms with van der Waals surface area (Å²) in [4.78, 5) is 32.3. The Balaban J connectivity index is 0.000000209. The zero-order chi connectivity index (χ0) is 12.8. The molecule has 17 heavy (non-hydrogen) atoms. The summed E-state index contributed by atoms with van der Waals surface area (Å²) >= 11 is 0. The zero-order valence-electron chi connectivity index (χ0n) is 8.58. The molecule has 6 nitrogen and oxygen atoms in total. The van der Waals surface area contributed by atoms with Gasteiger partial charge in [-0.3, -0.25) is 4.79 Å². The van der Waals surface area contributed by atoms with Crippen LogP contribution in [-0.4, -0.2) is 27.1 Å². The van der Waals surface area contributed by atoms with Crippen LogP contribution in [0.15, 0.2) is 41.3 Å². The number of carbonyl (C=O) groups is 2. The predicted octanol–water partition coefficient (Wildman–Crippen LogP) is 0.684. The van der Waals surface area contributed by atoms with E-state index in [0.717, 1.165) is 10.9 Å². The Bertz CT molecular complexity index is 585. The lowest BCUT2D eigenvalue weighted by atomic mass is 10.2. The fourth-order valence-corrected chi connectivity index (χ4v) is 1.12. The number of pyridine rings is 1. The van der Waals surface area contributed by atoms with Crippen LogP contribution in [0.2, 0.25) is 0 Å². The van der Waals surface area contributed by atoms with Gasteiger partial charge < -0.3 is 15.2 Å². The van der Waals surface area contributed by atoms with Crippen molar-refractivity contribution in [2.45, 2.75) is 0 Å². The Hall–Kier alpha value is -2.63. The van der Waals surface area contributed by atoms with Gasteiger partial charge in [-0.25, -0.2) is 9.59 Å². The van der Waals surface area contributed by atoms with E-state index >= 15 is 0 Å². The molecule has 6 heteroatoms. The summed E-state index contributed by atoms with van der Waals surface area (Å²) in [6.07, 6.45) is 1.66. The maximum atomic E-state index is 11.2. The van der Waals surface area contributed by atoms with Gasteiger partial charge in [-0.05, 0) is 12.1 Å². The maximum Gasteiger partial charge on any atom is 0.414 e. The van der Waals surface area contributed by atoms with Crippen LogP contribution in [0.1, 0.15) is 0 Å². The van der Waals surface area contributed by atoms with E-state index in [-0.39, 0.29) is 5.43 Å². The number of H-pyrrole nitrogens is 1. The van der Waals surface area contributed by atoms with Crippen LogP contribution in [0.3, 0.4) is 0 Å². The van der Waals surface area contributed by atoms with Gasteiger partial charge in [-0.15, -0.1) is 0 Å². The Morgan fingerprint density at radius 2 is 1.59 bits per heavy atom. The molecule has 1 heterocycles. The van der Waals surface area contributed by atoms with E-state index < -0.39 is 11.9 Å². The molecule has 0 bridgehead atoms. The molecule has 0 aliphatic carbocycles. The van der Waals surface area contributed by atoms with E-state index in [4.69, 9.17) is 19.8 Å². The molecule has 0 saturated heterocycles. The van der Waals surface area contributed by atoms with E-state index in [1.165, 1.54) is 6.07 Å². The number of fused-ring (bicyclic) bond motifs is 1. The minimum atomic E-state index is -1.82. The van der Waals surface area contributed by atoms with Gasteiger partial charge in [0.2, 0.25) is 0 Å². The van der Waals surface area contributed by atoms with Crippen LogP contribution in [0, 0.1) is 0 Å². The molecule has 0 aliphatic heterocycles. The van der Waals surface area contributed by atoms with Gasteiger partial charge in [0.25, 0.3) is 0 Å². The van der Waals surface area contributed by atoms with E-state index in [0.29, 0.717) is 0 Å². The number of rotatable bonds is 0. The molecule has 0 amide bonds. The Kier molecular flexibility index (Phi) is 3.99. The van der Waals surface area contributed by atoms with Crippen molar-refractivity contribution in [1.29, 1.82) is 0 Å². The van der Waals surface area contributed by atoms with Crippen molar-refractivity contribution in [2.24, 2.45) is 0 Å². The van der Waals surface area contributed by atoms with E-state index in [2.05, 4.69) is 4.98 Å². The van der Waals surface area contributed by atoms with Crippen molar-refractivity contribution in [2.75, 3.05) is 0 Å². The molecule has 2 aromatic rings. The van der Waals surface area contributed by atoms with Crippen molar-refractivity contribution in [3.8, 4) is 0 Å². The number of benzene rings is 1. The highest BCUT2D eigenvalue weighted by Crippen LogP contribution is 2.03. The fourth-order valence-electron chi connectivity index (χ4n) is 1.12. The number of carboxylic acids is 2. The smallest absolute Gasteiger partial charge is 0.414 e. The summed E-state index contributed by atoms with van der Waals surface area (Å²) in [5, 5.41) is 15.5. The fraction of sp³-hybridized carbons (Fsp3) is 0. The third-order valence-corrected chi connectivity index (χ3v) is 1.85. The minimum absolute atomic E-state index is 0.0688. The lowest BCUT2D eigenvalue weighted by Crippen LogP contribution is -2.09. The molecule has 0 spiro atoms. The van der Waals surface area contributed by atoms with Crippen LogP contribution in [0.4, 0.5) is 0 Å². The Morgan fingerprint density at radius 3 is 2.12 bits per heavy atom. The Morgan fingerprint density at radius 1 is 1.00 bits per heavy atom. The van der Waals surface area contributed by atoms with Crippen molar-refractivity contribution < 1.29 is 19.8 Å². The van der Waals surface area contributed by atoms with E-state index in [1.807, 2.05) is 24.3 Å². The summed E-state index contributed by atoms with van der Waals surface area (Å²) in [7, 11) is 0. The van der Waals surface area contributed by atoms with Gasteiger partial charge in [0, 0.05) is 23.2 Å². The minimum Gasteiger partial charge on any atom is -0.473 e. The molecule has 0 radical (unpaired) electrons. The van der Waals surface area contributed by atoms with Crippen LogP contribution >= 0.6 is 0 Å². The first-order valence-corrected chi connectivity index (χ1v) is 4.55. The first-order valence-electron chi connectivity index (χ1n) is 4.55. The molecule has 0 aliphatic rings. The molecule has 0 unspecified atom stereocenters. The van der Waals surface area contributed by atoms with Gasteiger partial charge in [0.05, 0.1) is 0 Å². The second kappa shape index (κ2) is 5.45. The topological polar surface area (TPSA) is 107 Å². The number of hydrogen-bond acceptors (Lipinski definition) is 3. The van der Waals surface area contributed by atoms with Crippen LogP contribution in [0.25, 0.3) is 10.9 Å². The second-order valence-electron chi connectivity index (χ2n) is 3.00. The highest BCUT2D eigenvalue weighted by Gasteiger charge is 2.04. The molecule has 2 rings (SSSR count). The summed E-state index contributed by atoms with van der Waals surface area (Å²) < 4.78 is 0. The summed E-state index contributed by atoms with van der Waals surface area (Å²) in [6.45, 7) is 0. The van der Waals surface area contributed by atoms with Crippen molar-refractivity contribution in [1.82, 2.24) is 4.98 Å². The van der Waals surface area contributed by atoms with Crippen molar-refractivity contribution >= 4 is 22.8 Å². The van der Waals surface area contributed by atoms with E-state index in [9.17, 15) is 4.79 Å². The molecule has 0 atom stereocenters. The van der Waals surface area contributed by atoms with Gasteiger partial charge in [0.1, 0.15) is 0 Å². The van der Waals surface area contributed by atoms with Gasteiger partial charge in [-0.2, -0.15) is 0 Å². The SMILES string of the molecule is O=C(O)C(=O)O.O=c1cc[nH]c2ccccc12. The Labute approximate surface area is 95.1 Å². The number of aromatic amines is 1. The van der Waals surface area contributed by atoms with E-state index in [1.54, 1.807) is 6.20 Å². The van der Waals surface area contributed by atoms with Crippen LogP contribution < -0.4 is 5.43 Å². The molecule has 0 fully saturated rings. The summed E-state index contributed by atoms with van der Waals surface area (Å²) in [5.41, 5.74) is 0.958. The number of carboxylic acid groups (broad SMARTS) is 2. The third-order valence-electron chi connectivity index (χ3n) is 1.85. The quantitative estimate of drug-likeness (QED) is 0.582. The monoisotopic (exact) mass is 235 g/mol. The molecule has 1 aromatic heterocycles. The maximum absolute atomic E-state index is 11.2. The number of aromatic nitrogens is 1. The highest BCUT2D eigenvalue weighted by molar-refractivity contribution is 6.27. The van der Waals surface area contributed by atoms with Crippen LogP contribution in [0.5, 0.6) is 0 Å². The standard InChI is InChI=1S/C9H7NO.C2H2O4/c11-9-5-6-10-8-4-2-1-3-7(8)9;3-1(4)2(5)6/h1-6H,(H,10,11);(H,3,4)(H,5,6). The van der Waals surface area contributed by atoms with Crippen molar-refractivity contribution in [3.63, 3.8) is 0 Å². The third kappa shape index (κ3) is 3.45. The highest BCUT2D eigenvalue weighted by atomic mass is 16.4. The molecule has 0 saturated carbocycles. The van der Waals surface area contributed by atoms with Gasteiger partial charge >= 0.3 is 11.9 Å². The number of hydrogen-bond donors (Lipinski definition) is 3. The average Bonchev–Trinajstić information content (AvgIpc) is 2.30. The molecule has 1 aromatic carbocycles. The number of aliphatic carboxylic acids is 2. The van der Waals surface area contributed by atoms with Gasteiger partial charge in [-0.1, -0.05) is 12.1 Å². The lowest BCUT2D eigenvalue weighted by molar-refractivity contribution is -0.159.